The smallest absolute Gasteiger partial charge is 0.257 e. The molecule has 0 atom stereocenters. The maximum atomic E-state index is 11.9. The molecular formula is C11H17NO3. The Bertz CT molecular complexity index is 330. The number of rotatable bonds is 4. The number of carbonyl (C=O) groups excluding carboxylic acids is 1. The van der Waals surface area contributed by atoms with Crippen LogP contribution in [0.3, 0.4) is 0 Å². The number of aryl methyl sites for hydroxylation is 1. The second kappa shape index (κ2) is 4.98. The average molecular weight is 211 g/mol. The molecule has 1 heterocycles. The van der Waals surface area contributed by atoms with Crippen molar-refractivity contribution in [3.05, 3.63) is 23.7 Å². The van der Waals surface area contributed by atoms with Gasteiger partial charge in [-0.15, -0.1) is 0 Å². The molecule has 4 nitrogen and oxygen atoms in total. The third kappa shape index (κ3) is 2.83. The lowest BCUT2D eigenvalue weighted by Crippen LogP contribution is -2.38. The number of furan rings is 1. The van der Waals surface area contributed by atoms with Gasteiger partial charge in [0.05, 0.1) is 12.2 Å². The second-order valence-corrected chi connectivity index (χ2v) is 3.76. The van der Waals surface area contributed by atoms with Crippen LogP contribution in [0.15, 0.2) is 16.7 Å². The molecular weight excluding hydrogens is 194 g/mol. The first-order chi connectivity index (χ1) is 7.06. The molecule has 0 fully saturated rings. The summed E-state index contributed by atoms with van der Waals surface area (Å²) < 4.78 is 5.08. The molecule has 1 rings (SSSR count). The average Bonchev–Trinajstić information content (AvgIpc) is 2.59. The summed E-state index contributed by atoms with van der Waals surface area (Å²) in [4.78, 5) is 13.6. The molecule has 0 aliphatic rings. The third-order valence-corrected chi connectivity index (χ3v) is 2.20. The van der Waals surface area contributed by atoms with Crippen LogP contribution in [-0.2, 0) is 0 Å². The van der Waals surface area contributed by atoms with E-state index in [0.717, 1.165) is 0 Å². The predicted octanol–water partition coefficient (Wildman–Crippen LogP) is 1.43. The zero-order valence-corrected chi connectivity index (χ0v) is 9.36. The minimum absolute atomic E-state index is 0.0270. The van der Waals surface area contributed by atoms with Crippen LogP contribution in [0.1, 0.15) is 30.0 Å². The molecule has 0 aliphatic carbocycles. The summed E-state index contributed by atoms with van der Waals surface area (Å²) >= 11 is 0. The summed E-state index contributed by atoms with van der Waals surface area (Å²) in [6.45, 7) is 5.95. The molecule has 0 saturated heterocycles. The van der Waals surface area contributed by atoms with Crippen LogP contribution < -0.4 is 0 Å². The van der Waals surface area contributed by atoms with Crippen molar-refractivity contribution < 1.29 is 14.3 Å². The van der Waals surface area contributed by atoms with Crippen molar-refractivity contribution in [2.75, 3.05) is 13.2 Å². The Hall–Kier alpha value is -1.29. The molecule has 0 unspecified atom stereocenters. The molecule has 0 aromatic carbocycles. The van der Waals surface area contributed by atoms with Gasteiger partial charge in [0, 0.05) is 12.6 Å². The van der Waals surface area contributed by atoms with Crippen molar-refractivity contribution in [2.24, 2.45) is 0 Å². The van der Waals surface area contributed by atoms with Crippen molar-refractivity contribution >= 4 is 5.91 Å². The topological polar surface area (TPSA) is 53.7 Å². The first-order valence-corrected chi connectivity index (χ1v) is 5.03. The fraction of sp³-hybridized carbons (Fsp3) is 0.545. The van der Waals surface area contributed by atoms with E-state index in [-0.39, 0.29) is 18.6 Å². The van der Waals surface area contributed by atoms with Crippen LogP contribution >= 0.6 is 0 Å². The zero-order chi connectivity index (χ0) is 11.4. The van der Waals surface area contributed by atoms with Gasteiger partial charge in [-0.2, -0.15) is 0 Å². The van der Waals surface area contributed by atoms with E-state index in [4.69, 9.17) is 9.52 Å². The molecule has 1 aromatic rings. The third-order valence-electron chi connectivity index (χ3n) is 2.20. The summed E-state index contributed by atoms with van der Waals surface area (Å²) in [6, 6.07) is 1.77. The number of carbonyl (C=O) groups is 1. The molecule has 84 valence electrons. The van der Waals surface area contributed by atoms with Gasteiger partial charge in [-0.1, -0.05) is 0 Å². The molecule has 0 radical (unpaired) electrons. The highest BCUT2D eigenvalue weighted by molar-refractivity contribution is 5.94. The van der Waals surface area contributed by atoms with E-state index < -0.39 is 0 Å². The van der Waals surface area contributed by atoms with Gasteiger partial charge in [0.15, 0.2) is 0 Å². The predicted molar refractivity (Wildman–Crippen MR) is 56.7 cm³/mol. The van der Waals surface area contributed by atoms with Crippen LogP contribution in [0.5, 0.6) is 0 Å². The number of hydrogen-bond acceptors (Lipinski definition) is 3. The quantitative estimate of drug-likeness (QED) is 0.819. The number of aliphatic hydroxyl groups excluding tert-OH is 1. The zero-order valence-electron chi connectivity index (χ0n) is 9.36. The number of hydrogen-bond donors (Lipinski definition) is 1. The van der Waals surface area contributed by atoms with E-state index in [1.54, 1.807) is 17.9 Å². The second-order valence-electron chi connectivity index (χ2n) is 3.76. The molecule has 1 N–H and O–H groups in total. The van der Waals surface area contributed by atoms with Crippen molar-refractivity contribution in [2.45, 2.75) is 26.8 Å². The van der Waals surface area contributed by atoms with Gasteiger partial charge in [0.1, 0.15) is 12.0 Å². The lowest BCUT2D eigenvalue weighted by molar-refractivity contribution is 0.0664. The monoisotopic (exact) mass is 211 g/mol. The highest BCUT2D eigenvalue weighted by atomic mass is 16.3. The Balaban J connectivity index is 2.80. The minimum atomic E-state index is -0.101. The van der Waals surface area contributed by atoms with Gasteiger partial charge in [-0.3, -0.25) is 4.79 Å². The Morgan fingerprint density at radius 3 is 2.67 bits per heavy atom. The van der Waals surface area contributed by atoms with Crippen molar-refractivity contribution in [3.8, 4) is 0 Å². The lowest BCUT2D eigenvalue weighted by atomic mass is 10.2. The largest absolute Gasteiger partial charge is 0.469 e. The van der Waals surface area contributed by atoms with Crippen LogP contribution in [0.4, 0.5) is 0 Å². The normalized spacial score (nSPS) is 10.7. The molecule has 15 heavy (non-hydrogen) atoms. The van der Waals surface area contributed by atoms with E-state index in [1.165, 1.54) is 6.26 Å². The molecule has 0 bridgehead atoms. The summed E-state index contributed by atoms with van der Waals surface area (Å²) in [6.07, 6.45) is 1.45. The van der Waals surface area contributed by atoms with Gasteiger partial charge in [-0.25, -0.2) is 0 Å². The maximum absolute atomic E-state index is 11.9. The van der Waals surface area contributed by atoms with Gasteiger partial charge in [-0.05, 0) is 26.8 Å². The Kier molecular flexibility index (Phi) is 3.91. The Labute approximate surface area is 89.5 Å². The van der Waals surface area contributed by atoms with Gasteiger partial charge < -0.3 is 14.4 Å². The Morgan fingerprint density at radius 2 is 2.27 bits per heavy atom. The van der Waals surface area contributed by atoms with E-state index in [9.17, 15) is 4.79 Å². The summed E-state index contributed by atoms with van der Waals surface area (Å²) in [5.41, 5.74) is 0.537. The highest BCUT2D eigenvalue weighted by Crippen LogP contribution is 2.11. The number of nitrogens with zero attached hydrogens (tertiary/aromatic N) is 1. The fourth-order valence-corrected chi connectivity index (χ4v) is 1.42. The van der Waals surface area contributed by atoms with Crippen molar-refractivity contribution in [3.63, 3.8) is 0 Å². The van der Waals surface area contributed by atoms with Crippen molar-refractivity contribution in [1.82, 2.24) is 4.90 Å². The van der Waals surface area contributed by atoms with Gasteiger partial charge >= 0.3 is 0 Å². The van der Waals surface area contributed by atoms with Crippen LogP contribution in [0.25, 0.3) is 0 Å². The summed E-state index contributed by atoms with van der Waals surface area (Å²) in [5, 5.41) is 8.87. The first kappa shape index (κ1) is 11.8. The molecule has 4 heteroatoms. The fourth-order valence-electron chi connectivity index (χ4n) is 1.42. The van der Waals surface area contributed by atoms with Crippen LogP contribution in [-0.4, -0.2) is 35.1 Å². The van der Waals surface area contributed by atoms with Crippen molar-refractivity contribution in [1.29, 1.82) is 0 Å². The van der Waals surface area contributed by atoms with E-state index in [0.29, 0.717) is 17.9 Å². The van der Waals surface area contributed by atoms with Gasteiger partial charge in [0.25, 0.3) is 5.91 Å². The van der Waals surface area contributed by atoms with Gasteiger partial charge in [0.2, 0.25) is 0 Å². The molecule has 0 saturated carbocycles. The molecule has 1 amide bonds. The van der Waals surface area contributed by atoms with Crippen LogP contribution in [0, 0.1) is 6.92 Å². The minimum Gasteiger partial charge on any atom is -0.469 e. The highest BCUT2D eigenvalue weighted by Gasteiger charge is 2.19. The molecule has 0 aliphatic heterocycles. The Morgan fingerprint density at radius 1 is 1.60 bits per heavy atom. The lowest BCUT2D eigenvalue weighted by Gasteiger charge is -2.25. The molecule has 0 spiro atoms. The first-order valence-electron chi connectivity index (χ1n) is 5.03. The standard InChI is InChI=1S/C11H17NO3/c1-8(2)12(4-5-13)11(14)10-6-9(3)15-7-10/h6-8,13H,4-5H2,1-3H3. The molecule has 1 aromatic heterocycles. The number of aliphatic hydroxyl groups is 1. The summed E-state index contributed by atoms with van der Waals surface area (Å²) in [7, 11) is 0. The summed E-state index contributed by atoms with van der Waals surface area (Å²) in [5.74, 6) is 0.613. The maximum Gasteiger partial charge on any atom is 0.257 e. The van der Waals surface area contributed by atoms with E-state index in [2.05, 4.69) is 0 Å². The van der Waals surface area contributed by atoms with Crippen LogP contribution in [0.2, 0.25) is 0 Å². The van der Waals surface area contributed by atoms with E-state index >= 15 is 0 Å². The van der Waals surface area contributed by atoms with E-state index in [1.807, 2.05) is 13.8 Å². The SMILES string of the molecule is Cc1cc(C(=O)N(CCO)C(C)C)co1. The number of amides is 1.